The van der Waals surface area contributed by atoms with Crippen molar-refractivity contribution in [3.8, 4) is 0 Å². The molecule has 0 aliphatic heterocycles. The fourth-order valence-electron chi connectivity index (χ4n) is 2.08. The molecule has 0 unspecified atom stereocenters. The number of fused-ring (bicyclic) bond motifs is 1. The number of urea groups is 1. The van der Waals surface area contributed by atoms with E-state index < -0.39 is 0 Å². The molecule has 0 aliphatic carbocycles. The van der Waals surface area contributed by atoms with Gasteiger partial charge >= 0.3 is 6.03 Å². The van der Waals surface area contributed by atoms with Gasteiger partial charge in [0.1, 0.15) is 0 Å². The summed E-state index contributed by atoms with van der Waals surface area (Å²) in [5.74, 6) is 0. The molecule has 3 aromatic rings. The number of H-pyrrole nitrogens is 1. The molecule has 8 heteroatoms. The lowest BCUT2D eigenvalue weighted by Crippen LogP contribution is -2.28. The minimum Gasteiger partial charge on any atom is -0.334 e. The molecule has 0 fully saturated rings. The van der Waals surface area contributed by atoms with Crippen molar-refractivity contribution >= 4 is 58.2 Å². The fourth-order valence-corrected chi connectivity index (χ4v) is 2.40. The third-order valence-corrected chi connectivity index (χ3v) is 3.91. The molecule has 0 saturated heterocycles. The molecule has 1 aromatic heterocycles. The van der Waals surface area contributed by atoms with Gasteiger partial charge in [-0.2, -0.15) is 5.10 Å². The standard InChI is InChI=1S/C15H12Cl2N4O.ClH/c16-11-5-4-9(6-12(11)17)7-18-15(22)20-13-2-1-3-14-10(13)8-19-21-14;/h1-6,8H,7H2,(H,19,21)(H2,18,20,22);1H. The smallest absolute Gasteiger partial charge is 0.319 e. The van der Waals surface area contributed by atoms with Crippen LogP contribution in [0.3, 0.4) is 0 Å². The number of amides is 2. The molecule has 23 heavy (non-hydrogen) atoms. The van der Waals surface area contributed by atoms with E-state index >= 15 is 0 Å². The van der Waals surface area contributed by atoms with Crippen LogP contribution in [0.25, 0.3) is 10.9 Å². The van der Waals surface area contributed by atoms with Crippen molar-refractivity contribution in [2.45, 2.75) is 6.54 Å². The number of benzene rings is 2. The summed E-state index contributed by atoms with van der Waals surface area (Å²) in [5.41, 5.74) is 2.42. The van der Waals surface area contributed by atoms with Crippen molar-refractivity contribution in [3.05, 3.63) is 58.2 Å². The molecule has 0 saturated carbocycles. The highest BCUT2D eigenvalue weighted by Gasteiger charge is 2.07. The van der Waals surface area contributed by atoms with E-state index in [0.29, 0.717) is 22.3 Å². The van der Waals surface area contributed by atoms with Crippen molar-refractivity contribution in [1.29, 1.82) is 0 Å². The number of rotatable bonds is 3. The van der Waals surface area contributed by atoms with Crippen LogP contribution >= 0.6 is 35.6 Å². The highest BCUT2D eigenvalue weighted by atomic mass is 35.5. The highest BCUT2D eigenvalue weighted by Crippen LogP contribution is 2.23. The van der Waals surface area contributed by atoms with Crippen LogP contribution in [0.15, 0.2) is 42.6 Å². The van der Waals surface area contributed by atoms with Gasteiger partial charge in [0.05, 0.1) is 27.4 Å². The molecule has 5 nitrogen and oxygen atoms in total. The second kappa shape index (κ2) is 7.55. The number of anilines is 1. The van der Waals surface area contributed by atoms with E-state index in [2.05, 4.69) is 20.8 Å². The first kappa shape index (κ1) is 17.4. The highest BCUT2D eigenvalue weighted by molar-refractivity contribution is 6.42. The van der Waals surface area contributed by atoms with E-state index in [1.807, 2.05) is 24.3 Å². The van der Waals surface area contributed by atoms with Crippen molar-refractivity contribution in [3.63, 3.8) is 0 Å². The predicted molar refractivity (Wildman–Crippen MR) is 95.7 cm³/mol. The lowest BCUT2D eigenvalue weighted by atomic mass is 10.2. The van der Waals surface area contributed by atoms with Gasteiger partial charge in [0, 0.05) is 11.9 Å². The van der Waals surface area contributed by atoms with Crippen LogP contribution in [0.5, 0.6) is 0 Å². The minimum atomic E-state index is -0.306. The van der Waals surface area contributed by atoms with Gasteiger partial charge in [-0.1, -0.05) is 35.3 Å². The summed E-state index contributed by atoms with van der Waals surface area (Å²) >= 11 is 11.8. The third kappa shape index (κ3) is 4.07. The zero-order chi connectivity index (χ0) is 15.5. The largest absolute Gasteiger partial charge is 0.334 e. The normalized spacial score (nSPS) is 10.2. The fraction of sp³-hybridized carbons (Fsp3) is 0.0667. The van der Waals surface area contributed by atoms with Crippen LogP contribution in [0.1, 0.15) is 5.56 Å². The Balaban J connectivity index is 0.00000192. The summed E-state index contributed by atoms with van der Waals surface area (Å²) in [4.78, 5) is 12.0. The number of hydrogen-bond donors (Lipinski definition) is 3. The molecule has 3 rings (SSSR count). The van der Waals surface area contributed by atoms with E-state index in [4.69, 9.17) is 23.2 Å². The zero-order valence-corrected chi connectivity index (χ0v) is 14.1. The molecule has 2 amide bonds. The Bertz CT molecular complexity index is 834. The summed E-state index contributed by atoms with van der Waals surface area (Å²) in [6.45, 7) is 0.351. The number of carbonyl (C=O) groups is 1. The van der Waals surface area contributed by atoms with Gasteiger partial charge in [0.2, 0.25) is 0 Å². The van der Waals surface area contributed by atoms with Crippen molar-refractivity contribution in [2.75, 3.05) is 5.32 Å². The molecule has 3 N–H and O–H groups in total. The summed E-state index contributed by atoms with van der Waals surface area (Å²) in [6.07, 6.45) is 1.67. The van der Waals surface area contributed by atoms with Gasteiger partial charge < -0.3 is 10.6 Å². The van der Waals surface area contributed by atoms with Crippen molar-refractivity contribution < 1.29 is 4.79 Å². The zero-order valence-electron chi connectivity index (χ0n) is 11.8. The van der Waals surface area contributed by atoms with Crippen molar-refractivity contribution in [1.82, 2.24) is 15.5 Å². The Kier molecular flexibility index (Phi) is 5.71. The number of hydrogen-bond acceptors (Lipinski definition) is 2. The summed E-state index contributed by atoms with van der Waals surface area (Å²) in [7, 11) is 0. The van der Waals surface area contributed by atoms with E-state index in [9.17, 15) is 4.79 Å². The Hall–Kier alpha value is -1.95. The number of nitrogens with one attached hydrogen (secondary N) is 3. The van der Waals surface area contributed by atoms with Gasteiger partial charge in [-0.3, -0.25) is 5.10 Å². The second-order valence-corrected chi connectivity index (χ2v) is 5.51. The SMILES string of the molecule is Cl.O=C(NCc1ccc(Cl)c(Cl)c1)Nc1cccc2[nH]ncc12. The first-order valence-corrected chi connectivity index (χ1v) is 7.30. The molecule has 120 valence electrons. The minimum absolute atomic E-state index is 0. The average Bonchev–Trinajstić information content (AvgIpc) is 2.98. The van der Waals surface area contributed by atoms with Crippen LogP contribution in [0.2, 0.25) is 10.0 Å². The first-order valence-electron chi connectivity index (χ1n) is 6.54. The number of aromatic amines is 1. The molecule has 0 aliphatic rings. The van der Waals surface area contributed by atoms with Crippen LogP contribution in [-0.2, 0) is 6.54 Å². The number of nitrogens with zero attached hydrogens (tertiary/aromatic N) is 1. The van der Waals surface area contributed by atoms with Crippen LogP contribution in [0.4, 0.5) is 10.5 Å². The quantitative estimate of drug-likeness (QED) is 0.629. The summed E-state index contributed by atoms with van der Waals surface area (Å²) < 4.78 is 0. The summed E-state index contributed by atoms with van der Waals surface area (Å²) in [5, 5.41) is 14.2. The van der Waals surface area contributed by atoms with Crippen LogP contribution < -0.4 is 10.6 Å². The average molecular weight is 372 g/mol. The van der Waals surface area contributed by atoms with Gasteiger partial charge in [0.25, 0.3) is 0 Å². The molecule has 1 heterocycles. The Morgan fingerprint density at radius 1 is 1.17 bits per heavy atom. The number of aromatic nitrogens is 2. The molecule has 0 spiro atoms. The maximum absolute atomic E-state index is 12.0. The number of halogens is 3. The predicted octanol–water partition coefficient (Wildman–Crippen LogP) is 4.61. The van der Waals surface area contributed by atoms with Gasteiger partial charge in [0.15, 0.2) is 0 Å². The second-order valence-electron chi connectivity index (χ2n) is 4.69. The Labute approximate surface area is 148 Å². The number of carbonyl (C=O) groups excluding carboxylic acids is 1. The lowest BCUT2D eigenvalue weighted by Gasteiger charge is -2.09. The lowest BCUT2D eigenvalue weighted by molar-refractivity contribution is 0.252. The van der Waals surface area contributed by atoms with E-state index in [1.165, 1.54) is 0 Å². The maximum Gasteiger partial charge on any atom is 0.319 e. The third-order valence-electron chi connectivity index (χ3n) is 3.17. The molecular weight excluding hydrogens is 359 g/mol. The molecule has 0 radical (unpaired) electrons. The topological polar surface area (TPSA) is 69.8 Å². The van der Waals surface area contributed by atoms with E-state index in [0.717, 1.165) is 16.5 Å². The van der Waals surface area contributed by atoms with Gasteiger partial charge in [-0.15, -0.1) is 12.4 Å². The molecule has 2 aromatic carbocycles. The van der Waals surface area contributed by atoms with Gasteiger partial charge in [-0.25, -0.2) is 4.79 Å². The van der Waals surface area contributed by atoms with Crippen molar-refractivity contribution in [2.24, 2.45) is 0 Å². The Morgan fingerprint density at radius 2 is 2.00 bits per heavy atom. The Morgan fingerprint density at radius 3 is 2.78 bits per heavy atom. The monoisotopic (exact) mass is 370 g/mol. The van der Waals surface area contributed by atoms with Crippen LogP contribution in [0, 0.1) is 0 Å². The molecule has 0 bridgehead atoms. The maximum atomic E-state index is 12.0. The van der Waals surface area contributed by atoms with E-state index in [-0.39, 0.29) is 18.4 Å². The summed E-state index contributed by atoms with van der Waals surface area (Å²) in [6, 6.07) is 10.5. The van der Waals surface area contributed by atoms with Crippen LogP contribution in [-0.4, -0.2) is 16.2 Å². The van der Waals surface area contributed by atoms with Gasteiger partial charge in [-0.05, 0) is 29.8 Å². The first-order chi connectivity index (χ1) is 10.6. The molecular formula is C15H13Cl3N4O. The van der Waals surface area contributed by atoms with E-state index in [1.54, 1.807) is 18.3 Å². The molecule has 0 atom stereocenters.